The number of hydrogen-bond donors (Lipinski definition) is 2. The van der Waals surface area contributed by atoms with Crippen LogP contribution in [0.2, 0.25) is 0 Å². The Bertz CT molecular complexity index is 1630. The summed E-state index contributed by atoms with van der Waals surface area (Å²) in [7, 11) is 0. The van der Waals surface area contributed by atoms with E-state index in [2.05, 4.69) is 4.98 Å². The Morgan fingerprint density at radius 1 is 1.05 bits per heavy atom. The van der Waals surface area contributed by atoms with E-state index in [1.807, 2.05) is 30.3 Å². The molecule has 0 spiro atoms. The second kappa shape index (κ2) is 12.0. The molecule has 0 unspecified atom stereocenters. The predicted octanol–water partition coefficient (Wildman–Crippen LogP) is 5.07. The van der Waals surface area contributed by atoms with Crippen molar-refractivity contribution >= 4 is 40.9 Å². The Morgan fingerprint density at radius 2 is 1.76 bits per heavy atom. The number of esters is 1. The lowest BCUT2D eigenvalue weighted by atomic mass is 10.0. The molecule has 5 rings (SSSR count). The molecular formula is C29H25ClF3N3O5. The van der Waals surface area contributed by atoms with Crippen LogP contribution >= 0.6 is 12.4 Å². The number of fused-ring (bicyclic) bond motifs is 1. The highest BCUT2D eigenvalue weighted by Gasteiger charge is 2.35. The summed E-state index contributed by atoms with van der Waals surface area (Å²) in [5.41, 5.74) is 5.56. The molecule has 41 heavy (non-hydrogen) atoms. The van der Waals surface area contributed by atoms with Gasteiger partial charge in [0.2, 0.25) is 0 Å². The average molecular weight is 588 g/mol. The second-order valence-corrected chi connectivity index (χ2v) is 9.37. The maximum Gasteiger partial charge on any atom is 0.417 e. The number of halogens is 4. The van der Waals surface area contributed by atoms with E-state index in [4.69, 9.17) is 15.2 Å². The number of carbonyl (C=O) groups excluding carboxylic acids is 2. The van der Waals surface area contributed by atoms with E-state index in [0.29, 0.717) is 17.5 Å². The van der Waals surface area contributed by atoms with Crippen molar-refractivity contribution < 1.29 is 32.2 Å². The smallest absolute Gasteiger partial charge is 0.417 e. The third-order valence-electron chi connectivity index (χ3n) is 6.55. The zero-order valence-electron chi connectivity index (χ0n) is 21.4. The van der Waals surface area contributed by atoms with E-state index in [1.165, 1.54) is 35.2 Å². The van der Waals surface area contributed by atoms with Gasteiger partial charge in [-0.25, -0.2) is 4.79 Å². The molecule has 1 aliphatic rings. The number of nitrogens with one attached hydrogen (secondary N) is 1. The van der Waals surface area contributed by atoms with Crippen LogP contribution in [-0.4, -0.2) is 42.3 Å². The average Bonchev–Trinajstić information content (AvgIpc) is 3.31. The molecule has 1 saturated heterocycles. The number of alkyl halides is 3. The lowest BCUT2D eigenvalue weighted by molar-refractivity contribution is -0.147. The van der Waals surface area contributed by atoms with Gasteiger partial charge in [-0.1, -0.05) is 54.6 Å². The van der Waals surface area contributed by atoms with Crippen molar-refractivity contribution in [1.82, 2.24) is 4.98 Å². The molecule has 0 aliphatic carbocycles. The number of hydrogen-bond acceptors (Lipinski definition) is 6. The summed E-state index contributed by atoms with van der Waals surface area (Å²) in [4.78, 5) is 41.5. The number of nitrogens with zero attached hydrogens (tertiary/aromatic N) is 1. The van der Waals surface area contributed by atoms with Crippen molar-refractivity contribution in [3.05, 3.63) is 100 Å². The fourth-order valence-electron chi connectivity index (χ4n) is 4.58. The van der Waals surface area contributed by atoms with Gasteiger partial charge in [0, 0.05) is 22.3 Å². The van der Waals surface area contributed by atoms with Gasteiger partial charge in [0.25, 0.3) is 5.56 Å². The Balaban J connectivity index is 0.00000387. The van der Waals surface area contributed by atoms with Gasteiger partial charge in [-0.05, 0) is 41.6 Å². The molecule has 214 valence electrons. The molecule has 3 aromatic carbocycles. The lowest BCUT2D eigenvalue weighted by Crippen LogP contribution is -2.36. The molecule has 0 radical (unpaired) electrons. The fourth-order valence-corrected chi connectivity index (χ4v) is 4.58. The standard InChI is InChI=1S/C29H24F3N3O5.ClH/c30-29(31,32)23-9-5-4-8-21(23)25-13-18-10-11-19(14-22(18)26(36)34-25)35-15-20(40-28(35)38)16-39-27(37)24(33)12-17-6-2-1-3-7-17;/h1-11,13-14,20,24H,12,15-16,33H2,(H,34,36);1H/t20-,24+;/m1./s1. The zero-order chi connectivity index (χ0) is 28.4. The Morgan fingerprint density at radius 3 is 2.49 bits per heavy atom. The molecule has 1 fully saturated rings. The third-order valence-corrected chi connectivity index (χ3v) is 6.55. The van der Waals surface area contributed by atoms with Crippen LogP contribution in [0.25, 0.3) is 22.0 Å². The van der Waals surface area contributed by atoms with E-state index >= 15 is 0 Å². The number of carbonyl (C=O) groups is 2. The van der Waals surface area contributed by atoms with Gasteiger partial charge in [-0.3, -0.25) is 14.5 Å². The molecule has 12 heteroatoms. The Kier molecular flexibility index (Phi) is 8.69. The second-order valence-electron chi connectivity index (χ2n) is 9.37. The van der Waals surface area contributed by atoms with E-state index in [1.54, 1.807) is 12.1 Å². The largest absolute Gasteiger partial charge is 0.460 e. The maximum absolute atomic E-state index is 13.5. The van der Waals surface area contributed by atoms with Crippen LogP contribution in [-0.2, 0) is 26.9 Å². The quantitative estimate of drug-likeness (QED) is 0.292. The van der Waals surface area contributed by atoms with Gasteiger partial charge >= 0.3 is 18.2 Å². The van der Waals surface area contributed by atoms with Crippen LogP contribution in [0.4, 0.5) is 23.7 Å². The van der Waals surface area contributed by atoms with Gasteiger partial charge in [-0.15, -0.1) is 12.4 Å². The van der Waals surface area contributed by atoms with Crippen molar-refractivity contribution in [3.8, 4) is 11.3 Å². The van der Waals surface area contributed by atoms with E-state index in [0.717, 1.165) is 11.6 Å². The molecular weight excluding hydrogens is 563 g/mol. The molecule has 1 amide bonds. The van der Waals surface area contributed by atoms with Crippen molar-refractivity contribution in [3.63, 3.8) is 0 Å². The maximum atomic E-state index is 13.5. The van der Waals surface area contributed by atoms with Gasteiger partial charge < -0.3 is 20.2 Å². The summed E-state index contributed by atoms with van der Waals surface area (Å²) in [5.74, 6) is -0.626. The number of nitrogens with two attached hydrogens (primary N) is 1. The fraction of sp³-hybridized carbons (Fsp3) is 0.207. The number of benzene rings is 3. The van der Waals surface area contributed by atoms with Crippen molar-refractivity contribution in [1.29, 1.82) is 0 Å². The summed E-state index contributed by atoms with van der Waals surface area (Å²) in [5, 5.41) is 0.574. The number of aromatic amines is 1. The van der Waals surface area contributed by atoms with E-state index < -0.39 is 41.5 Å². The lowest BCUT2D eigenvalue weighted by Gasteiger charge is -2.15. The number of aromatic nitrogens is 1. The van der Waals surface area contributed by atoms with Crippen LogP contribution in [0.15, 0.2) is 83.7 Å². The topological polar surface area (TPSA) is 115 Å². The number of rotatable bonds is 7. The highest BCUT2D eigenvalue weighted by molar-refractivity contribution is 5.95. The van der Waals surface area contributed by atoms with Crippen molar-refractivity contribution in [2.75, 3.05) is 18.1 Å². The van der Waals surface area contributed by atoms with Crippen LogP contribution in [0.1, 0.15) is 11.1 Å². The number of pyridine rings is 1. The van der Waals surface area contributed by atoms with Crippen molar-refractivity contribution in [2.24, 2.45) is 5.73 Å². The van der Waals surface area contributed by atoms with Gasteiger partial charge in [-0.2, -0.15) is 13.2 Å². The molecule has 4 aromatic rings. The molecule has 2 heterocycles. The van der Waals surface area contributed by atoms with Crippen molar-refractivity contribution in [2.45, 2.75) is 24.7 Å². The number of ether oxygens (including phenoxy) is 2. The van der Waals surface area contributed by atoms with Crippen LogP contribution in [0, 0.1) is 0 Å². The van der Waals surface area contributed by atoms with Gasteiger partial charge in [0.1, 0.15) is 12.6 Å². The van der Waals surface area contributed by atoms with Crippen LogP contribution < -0.4 is 16.2 Å². The minimum absolute atomic E-state index is 0. The first-order valence-electron chi connectivity index (χ1n) is 12.4. The number of cyclic esters (lactones) is 1. The highest BCUT2D eigenvalue weighted by Crippen LogP contribution is 2.36. The number of anilines is 1. The zero-order valence-corrected chi connectivity index (χ0v) is 22.2. The summed E-state index contributed by atoms with van der Waals surface area (Å²) >= 11 is 0. The summed E-state index contributed by atoms with van der Waals surface area (Å²) in [6.07, 6.45) is -5.75. The summed E-state index contributed by atoms with van der Waals surface area (Å²) in [6, 6.07) is 19.3. The highest BCUT2D eigenvalue weighted by atomic mass is 35.5. The predicted molar refractivity (Wildman–Crippen MR) is 149 cm³/mol. The first-order chi connectivity index (χ1) is 19.1. The number of amides is 1. The first kappa shape index (κ1) is 29.6. The molecule has 2 atom stereocenters. The Hall–Kier alpha value is -4.35. The molecule has 1 aliphatic heterocycles. The normalized spacial score (nSPS) is 15.8. The SMILES string of the molecule is Cl.N[C@@H](Cc1ccccc1)C(=O)OC[C@H]1CN(c2ccc3cc(-c4ccccc4C(F)(F)F)[nH]c(=O)c3c2)C(=O)O1. The van der Waals surface area contributed by atoms with Crippen LogP contribution in [0.3, 0.4) is 0 Å². The monoisotopic (exact) mass is 587 g/mol. The van der Waals surface area contributed by atoms with E-state index in [-0.39, 0.29) is 42.2 Å². The van der Waals surface area contributed by atoms with E-state index in [9.17, 15) is 27.6 Å². The summed E-state index contributed by atoms with van der Waals surface area (Å²) < 4.78 is 51.1. The number of H-pyrrole nitrogens is 1. The molecule has 0 saturated carbocycles. The van der Waals surface area contributed by atoms with Gasteiger partial charge in [0.15, 0.2) is 6.10 Å². The van der Waals surface area contributed by atoms with Crippen LogP contribution in [0.5, 0.6) is 0 Å². The molecule has 0 bridgehead atoms. The molecule has 8 nitrogen and oxygen atoms in total. The summed E-state index contributed by atoms with van der Waals surface area (Å²) in [6.45, 7) is -0.139. The molecule has 1 aromatic heterocycles. The molecule has 3 N–H and O–H groups in total. The third kappa shape index (κ3) is 6.53. The first-order valence-corrected chi connectivity index (χ1v) is 12.4. The Labute approximate surface area is 238 Å². The minimum atomic E-state index is -4.60. The minimum Gasteiger partial charge on any atom is -0.460 e. The van der Waals surface area contributed by atoms with Gasteiger partial charge in [0.05, 0.1) is 12.1 Å².